The second-order valence-electron chi connectivity index (χ2n) is 6.02. The topological polar surface area (TPSA) is 62.5 Å². The van der Waals surface area contributed by atoms with Crippen LogP contribution >= 0.6 is 0 Å². The number of hydrogen-bond acceptors (Lipinski definition) is 3. The molecule has 0 saturated heterocycles. The standard InChI is InChI=1S/C18H24F2N4O/c1-4-21-18(23-11-16-10-17(12(2)3)24-25-16)22-6-5-13-7-14(19)9-15(20)8-13/h7-10,12H,4-6,11H2,1-3H3,(H2,21,22,23). The van der Waals surface area contributed by atoms with Crippen molar-refractivity contribution in [2.75, 3.05) is 13.1 Å². The maximum Gasteiger partial charge on any atom is 0.191 e. The number of hydrogen-bond donors (Lipinski definition) is 2. The highest BCUT2D eigenvalue weighted by molar-refractivity contribution is 5.79. The van der Waals surface area contributed by atoms with E-state index in [-0.39, 0.29) is 0 Å². The van der Waals surface area contributed by atoms with Crippen molar-refractivity contribution in [1.29, 1.82) is 0 Å². The summed E-state index contributed by atoms with van der Waals surface area (Å²) in [5.41, 5.74) is 1.49. The van der Waals surface area contributed by atoms with Crippen molar-refractivity contribution in [2.24, 2.45) is 4.99 Å². The molecular weight excluding hydrogens is 326 g/mol. The van der Waals surface area contributed by atoms with Crippen molar-refractivity contribution in [2.45, 2.75) is 39.7 Å². The highest BCUT2D eigenvalue weighted by Gasteiger charge is 2.07. The first-order valence-corrected chi connectivity index (χ1v) is 8.40. The molecule has 2 aromatic rings. The average molecular weight is 350 g/mol. The number of halogens is 2. The minimum atomic E-state index is -0.568. The quantitative estimate of drug-likeness (QED) is 0.594. The number of nitrogens with zero attached hydrogens (tertiary/aromatic N) is 2. The fraction of sp³-hybridized carbons (Fsp3) is 0.444. The number of guanidine groups is 1. The number of benzene rings is 1. The first kappa shape index (κ1) is 18.9. The van der Waals surface area contributed by atoms with Crippen LogP contribution in [0.4, 0.5) is 8.78 Å². The zero-order valence-electron chi connectivity index (χ0n) is 14.8. The number of nitrogens with one attached hydrogen (secondary N) is 2. The summed E-state index contributed by atoms with van der Waals surface area (Å²) in [4.78, 5) is 4.44. The summed E-state index contributed by atoms with van der Waals surface area (Å²) in [6.07, 6.45) is 0.485. The van der Waals surface area contributed by atoms with E-state index < -0.39 is 11.6 Å². The third-order valence-electron chi connectivity index (χ3n) is 3.53. The molecule has 0 saturated carbocycles. The lowest BCUT2D eigenvalue weighted by Crippen LogP contribution is -2.38. The maximum absolute atomic E-state index is 13.2. The molecule has 0 atom stereocenters. The van der Waals surface area contributed by atoms with Crippen molar-refractivity contribution < 1.29 is 13.3 Å². The molecule has 0 aliphatic heterocycles. The van der Waals surface area contributed by atoms with Crippen LogP contribution in [0.15, 0.2) is 33.8 Å². The van der Waals surface area contributed by atoms with Gasteiger partial charge < -0.3 is 15.2 Å². The van der Waals surface area contributed by atoms with E-state index in [1.807, 2.05) is 26.8 Å². The van der Waals surface area contributed by atoms with Crippen molar-refractivity contribution in [3.8, 4) is 0 Å². The van der Waals surface area contributed by atoms with Crippen LogP contribution in [0.25, 0.3) is 0 Å². The van der Waals surface area contributed by atoms with E-state index >= 15 is 0 Å². The summed E-state index contributed by atoms with van der Waals surface area (Å²) in [6, 6.07) is 5.42. The molecule has 25 heavy (non-hydrogen) atoms. The lowest BCUT2D eigenvalue weighted by atomic mass is 10.1. The molecule has 1 heterocycles. The Morgan fingerprint density at radius 3 is 2.48 bits per heavy atom. The Labute approximate surface area is 146 Å². The molecular formula is C18H24F2N4O. The first-order chi connectivity index (χ1) is 12.0. The smallest absolute Gasteiger partial charge is 0.191 e. The van der Waals surface area contributed by atoms with Gasteiger partial charge in [0.2, 0.25) is 0 Å². The Bertz CT molecular complexity index is 693. The molecule has 1 aromatic heterocycles. The summed E-state index contributed by atoms with van der Waals surface area (Å²) >= 11 is 0. The van der Waals surface area contributed by atoms with Gasteiger partial charge in [0.1, 0.15) is 18.2 Å². The van der Waals surface area contributed by atoms with Gasteiger partial charge in [-0.05, 0) is 37.0 Å². The van der Waals surface area contributed by atoms with Crippen LogP contribution in [0.2, 0.25) is 0 Å². The SMILES string of the molecule is CCNC(=NCc1cc(C(C)C)no1)NCCc1cc(F)cc(F)c1. The van der Waals surface area contributed by atoms with Crippen LogP contribution in [0.3, 0.4) is 0 Å². The van der Waals surface area contributed by atoms with Gasteiger partial charge in [-0.3, -0.25) is 0 Å². The van der Waals surface area contributed by atoms with Crippen molar-refractivity contribution in [3.05, 3.63) is 52.9 Å². The highest BCUT2D eigenvalue weighted by atomic mass is 19.1. The van der Waals surface area contributed by atoms with Gasteiger partial charge in [-0.2, -0.15) is 0 Å². The van der Waals surface area contributed by atoms with Crippen LogP contribution in [0.5, 0.6) is 0 Å². The van der Waals surface area contributed by atoms with Crippen molar-refractivity contribution >= 4 is 5.96 Å². The van der Waals surface area contributed by atoms with E-state index in [1.54, 1.807) is 0 Å². The molecule has 0 amide bonds. The Hall–Kier alpha value is -2.44. The molecule has 0 aliphatic carbocycles. The van der Waals surface area contributed by atoms with Gasteiger partial charge in [0, 0.05) is 25.2 Å². The summed E-state index contributed by atoms with van der Waals surface area (Å²) < 4.78 is 31.6. The zero-order chi connectivity index (χ0) is 18.2. The third-order valence-corrected chi connectivity index (χ3v) is 3.53. The van der Waals surface area contributed by atoms with Gasteiger partial charge in [-0.15, -0.1) is 0 Å². The summed E-state index contributed by atoms with van der Waals surface area (Å²) in [5, 5.41) is 10.3. The minimum Gasteiger partial charge on any atom is -0.359 e. The highest BCUT2D eigenvalue weighted by Crippen LogP contribution is 2.14. The van der Waals surface area contributed by atoms with Crippen LogP contribution < -0.4 is 10.6 Å². The number of aliphatic imine (C=N–C) groups is 1. The maximum atomic E-state index is 13.2. The normalized spacial score (nSPS) is 11.8. The molecule has 0 radical (unpaired) electrons. The van der Waals surface area contributed by atoms with E-state index in [9.17, 15) is 8.78 Å². The third kappa shape index (κ3) is 6.17. The van der Waals surface area contributed by atoms with Crippen LogP contribution in [0, 0.1) is 11.6 Å². The number of aromatic nitrogens is 1. The largest absolute Gasteiger partial charge is 0.359 e. The van der Waals surface area contributed by atoms with Gasteiger partial charge in [0.05, 0.1) is 5.69 Å². The molecule has 0 unspecified atom stereocenters. The van der Waals surface area contributed by atoms with Gasteiger partial charge in [0.25, 0.3) is 0 Å². The van der Waals surface area contributed by atoms with Crippen LogP contribution in [-0.4, -0.2) is 24.2 Å². The molecule has 5 nitrogen and oxygen atoms in total. The van der Waals surface area contributed by atoms with Crippen molar-refractivity contribution in [1.82, 2.24) is 15.8 Å². The van der Waals surface area contributed by atoms with Gasteiger partial charge >= 0.3 is 0 Å². The Balaban J connectivity index is 1.90. The minimum absolute atomic E-state index is 0.305. The Kier molecular flexibility index (Phi) is 6.91. The molecule has 7 heteroatoms. The summed E-state index contributed by atoms with van der Waals surface area (Å²) in [6.45, 7) is 7.63. The zero-order valence-corrected chi connectivity index (χ0v) is 14.8. The molecule has 0 aliphatic rings. The molecule has 2 rings (SSSR count). The van der Waals surface area contributed by atoms with Gasteiger partial charge in [0.15, 0.2) is 11.7 Å². The fourth-order valence-electron chi connectivity index (χ4n) is 2.25. The van der Waals surface area contributed by atoms with Gasteiger partial charge in [-0.25, -0.2) is 13.8 Å². The summed E-state index contributed by atoms with van der Waals surface area (Å²) in [7, 11) is 0. The second-order valence-corrected chi connectivity index (χ2v) is 6.02. The average Bonchev–Trinajstić information content (AvgIpc) is 3.01. The van der Waals surface area contributed by atoms with Crippen LogP contribution in [0.1, 0.15) is 43.7 Å². The monoisotopic (exact) mass is 350 g/mol. The Morgan fingerprint density at radius 2 is 1.88 bits per heavy atom. The molecule has 0 bridgehead atoms. The van der Waals surface area contributed by atoms with E-state index in [1.165, 1.54) is 12.1 Å². The molecule has 136 valence electrons. The van der Waals surface area contributed by atoms with Gasteiger partial charge in [-0.1, -0.05) is 19.0 Å². The van der Waals surface area contributed by atoms with E-state index in [0.717, 1.165) is 11.8 Å². The molecule has 2 N–H and O–H groups in total. The van der Waals surface area contributed by atoms with Crippen LogP contribution in [-0.2, 0) is 13.0 Å². The van der Waals surface area contributed by atoms with E-state index in [0.29, 0.717) is 49.3 Å². The molecule has 1 aromatic carbocycles. The molecule has 0 spiro atoms. The Morgan fingerprint density at radius 1 is 1.16 bits per heavy atom. The predicted octanol–water partition coefficient (Wildman–Crippen LogP) is 3.37. The first-order valence-electron chi connectivity index (χ1n) is 8.40. The molecule has 0 fully saturated rings. The van der Waals surface area contributed by atoms with E-state index in [2.05, 4.69) is 20.8 Å². The second kappa shape index (κ2) is 9.15. The van der Waals surface area contributed by atoms with E-state index in [4.69, 9.17) is 4.52 Å². The fourth-order valence-corrected chi connectivity index (χ4v) is 2.25. The van der Waals surface area contributed by atoms with Crippen molar-refractivity contribution in [3.63, 3.8) is 0 Å². The number of rotatable bonds is 7. The lowest BCUT2D eigenvalue weighted by molar-refractivity contribution is 0.376. The predicted molar refractivity (Wildman–Crippen MR) is 93.5 cm³/mol. The summed E-state index contributed by atoms with van der Waals surface area (Å²) in [5.74, 6) is 0.471. The lowest BCUT2D eigenvalue weighted by Gasteiger charge is -2.11.